The van der Waals surface area contributed by atoms with Gasteiger partial charge in [-0.3, -0.25) is 14.5 Å². The van der Waals surface area contributed by atoms with Crippen LogP contribution in [0.25, 0.3) is 0 Å². The molecule has 0 radical (unpaired) electrons. The lowest BCUT2D eigenvalue weighted by atomic mass is 10.2. The van der Waals surface area contributed by atoms with Crippen molar-refractivity contribution in [3.05, 3.63) is 29.8 Å². The monoisotopic (exact) mass is 228 g/mol. The minimum Gasteiger partial charge on any atom is -0.320 e. The molecule has 0 saturated carbocycles. The zero-order valence-corrected chi connectivity index (χ0v) is 9.27. The first-order valence-corrected chi connectivity index (χ1v) is 5.37. The highest BCUT2D eigenvalue weighted by Gasteiger charge is 2.29. The summed E-state index contributed by atoms with van der Waals surface area (Å²) in [7, 11) is 0. The highest BCUT2D eigenvalue weighted by molar-refractivity contribution is 6.19. The van der Waals surface area contributed by atoms with Gasteiger partial charge in [-0.25, -0.2) is 0 Å². The molecule has 1 aromatic carbocycles. The second-order valence-electron chi connectivity index (χ2n) is 3.68. The first kappa shape index (κ1) is 11.4. The van der Waals surface area contributed by atoms with Gasteiger partial charge in [-0.15, -0.1) is 0 Å². The van der Waals surface area contributed by atoms with E-state index in [-0.39, 0.29) is 11.8 Å². The van der Waals surface area contributed by atoms with Crippen LogP contribution in [0.5, 0.6) is 0 Å². The molecule has 2 rings (SSSR count). The van der Waals surface area contributed by atoms with Crippen LogP contribution >= 0.6 is 0 Å². The summed E-state index contributed by atoms with van der Waals surface area (Å²) >= 11 is 0. The van der Waals surface area contributed by atoms with Crippen molar-refractivity contribution in [1.29, 1.82) is 0 Å². The molecule has 1 fully saturated rings. The number of hydrogen-bond acceptors (Lipinski definition) is 3. The van der Waals surface area contributed by atoms with Crippen LogP contribution in [0.4, 0.5) is 5.69 Å². The van der Waals surface area contributed by atoms with E-state index in [1.54, 1.807) is 24.3 Å². The van der Waals surface area contributed by atoms with E-state index in [0.717, 1.165) is 5.56 Å². The highest BCUT2D eigenvalue weighted by Crippen LogP contribution is 2.22. The lowest BCUT2D eigenvalue weighted by Gasteiger charge is -2.13. The van der Waals surface area contributed by atoms with E-state index in [1.165, 1.54) is 4.90 Å². The van der Waals surface area contributed by atoms with Crippen molar-refractivity contribution in [1.82, 2.24) is 0 Å². The summed E-state index contributed by atoms with van der Waals surface area (Å²) in [5, 5.41) is 0. The molecule has 86 valence electrons. The highest BCUT2D eigenvalue weighted by atomic mass is 16.2. The lowest BCUT2D eigenvalue weighted by molar-refractivity contribution is -0.121. The number of benzene rings is 1. The van der Waals surface area contributed by atoms with Crippen LogP contribution in [0.3, 0.4) is 0 Å². The number of imide groups is 1. The van der Waals surface area contributed by atoms with Gasteiger partial charge in [-0.05, 0) is 24.3 Å². The number of carbonyl (C=O) groups excluding carboxylic acids is 2. The van der Waals surface area contributed by atoms with Gasteiger partial charge in [0.1, 0.15) is 0 Å². The van der Waals surface area contributed by atoms with E-state index in [2.05, 4.69) is 11.8 Å². The van der Waals surface area contributed by atoms with Gasteiger partial charge in [0.15, 0.2) is 0 Å². The zero-order valence-electron chi connectivity index (χ0n) is 9.27. The summed E-state index contributed by atoms with van der Waals surface area (Å²) in [5.74, 6) is 5.34. The molecule has 1 aliphatic heterocycles. The van der Waals surface area contributed by atoms with E-state index in [1.807, 2.05) is 0 Å². The third kappa shape index (κ3) is 2.35. The molecule has 4 nitrogen and oxygen atoms in total. The summed E-state index contributed by atoms with van der Waals surface area (Å²) < 4.78 is 0. The fourth-order valence-corrected chi connectivity index (χ4v) is 1.71. The Morgan fingerprint density at radius 1 is 1.12 bits per heavy atom. The minimum atomic E-state index is -0.143. The van der Waals surface area contributed by atoms with E-state index in [4.69, 9.17) is 5.73 Å². The van der Waals surface area contributed by atoms with Gasteiger partial charge in [-0.1, -0.05) is 11.8 Å². The molecule has 1 heterocycles. The summed E-state index contributed by atoms with van der Waals surface area (Å²) in [6.07, 6.45) is 0.598. The zero-order chi connectivity index (χ0) is 12.3. The van der Waals surface area contributed by atoms with Crippen molar-refractivity contribution in [3.63, 3.8) is 0 Å². The molecule has 1 saturated heterocycles. The van der Waals surface area contributed by atoms with Gasteiger partial charge < -0.3 is 5.73 Å². The molecule has 0 atom stereocenters. The van der Waals surface area contributed by atoms with Gasteiger partial charge in [0.2, 0.25) is 11.8 Å². The molecule has 2 amide bonds. The molecule has 0 aliphatic carbocycles. The number of amides is 2. The first-order chi connectivity index (χ1) is 8.22. The van der Waals surface area contributed by atoms with Crippen LogP contribution in [0.2, 0.25) is 0 Å². The quantitative estimate of drug-likeness (QED) is 0.567. The van der Waals surface area contributed by atoms with Gasteiger partial charge in [-0.2, -0.15) is 0 Å². The summed E-state index contributed by atoms with van der Waals surface area (Å²) in [6, 6.07) is 7.00. The number of nitrogens with two attached hydrogens (primary N) is 1. The maximum absolute atomic E-state index is 11.5. The van der Waals surface area contributed by atoms with E-state index >= 15 is 0 Å². The third-order valence-electron chi connectivity index (χ3n) is 2.51. The number of hydrogen-bond donors (Lipinski definition) is 1. The van der Waals surface area contributed by atoms with Crippen LogP contribution in [0.15, 0.2) is 24.3 Å². The van der Waals surface area contributed by atoms with E-state index in [9.17, 15) is 9.59 Å². The topological polar surface area (TPSA) is 63.4 Å². The summed E-state index contributed by atoms with van der Waals surface area (Å²) in [6.45, 7) is 0.310. The first-order valence-electron chi connectivity index (χ1n) is 5.37. The van der Waals surface area contributed by atoms with Crippen molar-refractivity contribution < 1.29 is 9.59 Å². The molecule has 0 aromatic heterocycles. The Hall–Kier alpha value is -2.12. The second-order valence-corrected chi connectivity index (χ2v) is 3.68. The average molecular weight is 228 g/mol. The number of rotatable bonds is 1. The number of anilines is 1. The predicted molar refractivity (Wildman–Crippen MR) is 64.1 cm³/mol. The number of carbonyl (C=O) groups is 2. The van der Waals surface area contributed by atoms with Crippen molar-refractivity contribution in [2.75, 3.05) is 11.4 Å². The third-order valence-corrected chi connectivity index (χ3v) is 2.51. The Morgan fingerprint density at radius 3 is 2.24 bits per heavy atom. The molecule has 17 heavy (non-hydrogen) atoms. The molecule has 0 bridgehead atoms. The SMILES string of the molecule is NCC#Cc1ccc(N2C(=O)CCC2=O)cc1. The molecule has 1 aliphatic rings. The standard InChI is InChI=1S/C13H12N2O2/c14-9-1-2-10-3-5-11(6-4-10)15-12(16)7-8-13(15)17/h3-6H,7-9,14H2. The summed E-state index contributed by atoms with van der Waals surface area (Å²) in [4.78, 5) is 24.2. The van der Waals surface area contributed by atoms with Crippen LogP contribution in [0, 0.1) is 11.8 Å². The fraction of sp³-hybridized carbons (Fsp3) is 0.231. The second kappa shape index (κ2) is 4.81. The van der Waals surface area contributed by atoms with Gasteiger partial charge in [0.25, 0.3) is 0 Å². The maximum Gasteiger partial charge on any atom is 0.234 e. The molecular weight excluding hydrogens is 216 g/mol. The van der Waals surface area contributed by atoms with Crippen molar-refractivity contribution >= 4 is 17.5 Å². The fourth-order valence-electron chi connectivity index (χ4n) is 1.71. The normalized spacial score (nSPS) is 14.8. The molecule has 4 heteroatoms. The molecular formula is C13H12N2O2. The minimum absolute atomic E-state index is 0.143. The molecule has 0 spiro atoms. The largest absolute Gasteiger partial charge is 0.320 e. The van der Waals surface area contributed by atoms with Gasteiger partial charge >= 0.3 is 0 Å². The Balaban J connectivity index is 2.23. The number of nitrogens with zero attached hydrogens (tertiary/aromatic N) is 1. The van der Waals surface area contributed by atoms with Gasteiger partial charge in [0.05, 0.1) is 12.2 Å². The maximum atomic E-state index is 11.5. The molecule has 0 unspecified atom stereocenters. The van der Waals surface area contributed by atoms with Crippen molar-refractivity contribution in [2.45, 2.75) is 12.8 Å². The Labute approximate surface area is 99.4 Å². The Bertz CT molecular complexity index is 492. The van der Waals surface area contributed by atoms with Crippen molar-refractivity contribution in [3.8, 4) is 11.8 Å². The van der Waals surface area contributed by atoms with Crippen molar-refractivity contribution in [2.24, 2.45) is 5.73 Å². The Morgan fingerprint density at radius 2 is 1.71 bits per heavy atom. The predicted octanol–water partition coefficient (Wildman–Crippen LogP) is 0.650. The average Bonchev–Trinajstić information content (AvgIpc) is 2.67. The van der Waals surface area contributed by atoms with Crippen LogP contribution < -0.4 is 10.6 Å². The van der Waals surface area contributed by atoms with E-state index < -0.39 is 0 Å². The molecule has 2 N–H and O–H groups in total. The van der Waals surface area contributed by atoms with E-state index in [0.29, 0.717) is 25.1 Å². The summed E-state index contributed by atoms with van der Waals surface area (Å²) in [5.41, 5.74) is 6.70. The lowest BCUT2D eigenvalue weighted by Crippen LogP contribution is -2.28. The van der Waals surface area contributed by atoms with Crippen LogP contribution in [0.1, 0.15) is 18.4 Å². The smallest absolute Gasteiger partial charge is 0.234 e. The van der Waals surface area contributed by atoms with Crippen LogP contribution in [-0.4, -0.2) is 18.4 Å². The Kier molecular flexibility index (Phi) is 3.22. The van der Waals surface area contributed by atoms with Crippen LogP contribution in [-0.2, 0) is 9.59 Å². The molecule has 1 aromatic rings. The van der Waals surface area contributed by atoms with Gasteiger partial charge in [0, 0.05) is 18.4 Å².